The molecule has 0 unspecified atom stereocenters. The first-order valence-electron chi connectivity index (χ1n) is 2.16. The number of nitrogens with zero attached hydrogens (tertiary/aromatic N) is 2. The van der Waals surface area contributed by atoms with E-state index in [9.17, 15) is 0 Å². The first kappa shape index (κ1) is 29.4. The second kappa shape index (κ2) is 19.7. The Morgan fingerprint density at radius 1 is 0.750 bits per heavy atom. The van der Waals surface area contributed by atoms with Crippen molar-refractivity contribution in [1.82, 2.24) is 0 Å². The predicted molar refractivity (Wildman–Crippen MR) is 30.7 cm³/mol. The van der Waals surface area contributed by atoms with Crippen molar-refractivity contribution >= 4 is 11.9 Å². The fourth-order valence-electron chi connectivity index (χ4n) is 0. The van der Waals surface area contributed by atoms with Gasteiger partial charge in [-0.15, -0.1) is 0 Å². The van der Waals surface area contributed by atoms with Crippen LogP contribution in [-0.4, -0.2) is 22.1 Å². The van der Waals surface area contributed by atoms with Gasteiger partial charge in [-0.1, -0.05) is 0 Å². The Balaban J connectivity index is -0.0000000367. The van der Waals surface area contributed by atoms with Crippen LogP contribution in [0.1, 0.15) is 0 Å². The SMILES string of the molecule is O=C([O-])C(=O)[O-].O=[N+]([O-])[O-].O=[N+]([O-])[O-].[La+3].[Ru+3]. The van der Waals surface area contributed by atoms with E-state index >= 15 is 0 Å². The number of carbonyl (C=O) groups excluding carboxylic acids is 2. The van der Waals surface area contributed by atoms with Gasteiger partial charge in [-0.05, 0) is 0 Å². The van der Waals surface area contributed by atoms with Gasteiger partial charge >= 0.3 is 55.1 Å². The molecule has 0 saturated carbocycles. The van der Waals surface area contributed by atoms with Crippen LogP contribution in [0, 0.1) is 66.2 Å². The molecule has 0 heterocycles. The van der Waals surface area contributed by atoms with Crippen LogP contribution in [-0.2, 0) is 29.1 Å². The summed E-state index contributed by atoms with van der Waals surface area (Å²) in [5.74, 6) is -4.37. The molecule has 0 atom stereocenters. The molecule has 0 aliphatic carbocycles. The Morgan fingerprint density at radius 2 is 0.812 bits per heavy atom. The minimum absolute atomic E-state index is 0. The van der Waals surface area contributed by atoms with E-state index in [2.05, 4.69) is 0 Å². The third-order valence-corrected chi connectivity index (χ3v) is 0.167. The average Bonchev–Trinajstić information content (AvgIpc) is 1.83. The van der Waals surface area contributed by atoms with E-state index in [0.29, 0.717) is 0 Å². The summed E-state index contributed by atoms with van der Waals surface area (Å²) in [4.78, 5) is 34.4. The Morgan fingerprint density at radius 3 is 0.812 bits per heavy atom. The maximum Gasteiger partial charge on any atom is 3.00 e. The van der Waals surface area contributed by atoms with E-state index in [1.165, 1.54) is 0 Å². The number of hydrogen-bond acceptors (Lipinski definition) is 10. The molecule has 0 amide bonds. The van der Waals surface area contributed by atoms with Crippen LogP contribution >= 0.6 is 0 Å². The Kier molecular flexibility index (Phi) is 36.2. The Hall–Kier alpha value is -0.842. The molecule has 1 radical (unpaired) electrons. The Bertz CT molecular complexity index is 199. The van der Waals surface area contributed by atoms with Crippen molar-refractivity contribution in [2.24, 2.45) is 0 Å². The van der Waals surface area contributed by atoms with E-state index in [-0.39, 0.29) is 55.1 Å². The van der Waals surface area contributed by atoms with Crippen LogP contribution < -0.4 is 10.2 Å². The monoisotopic (exact) mass is 453 g/mol. The zero-order chi connectivity index (χ0) is 12.3. The number of carbonyl (C=O) groups is 2. The molecule has 0 aliphatic rings. The summed E-state index contributed by atoms with van der Waals surface area (Å²) in [6.45, 7) is 0. The molecule has 0 spiro atoms. The molecule has 0 bridgehead atoms. The number of hydrogen-bond donors (Lipinski definition) is 0. The minimum Gasteiger partial charge on any atom is -0.543 e. The molecule has 0 aliphatic heterocycles. The van der Waals surface area contributed by atoms with Crippen molar-refractivity contribution in [3.8, 4) is 0 Å². The van der Waals surface area contributed by atoms with E-state index in [4.69, 9.17) is 50.4 Å². The Labute approximate surface area is 127 Å². The zero-order valence-electron chi connectivity index (χ0n) is 6.91. The quantitative estimate of drug-likeness (QED) is 0.150. The van der Waals surface area contributed by atoms with Crippen LogP contribution in [0.25, 0.3) is 0 Å². The van der Waals surface area contributed by atoms with Gasteiger partial charge in [0.2, 0.25) is 0 Å². The van der Waals surface area contributed by atoms with Crippen LogP contribution in [0.2, 0.25) is 0 Å². The van der Waals surface area contributed by atoms with Gasteiger partial charge in [0.1, 0.15) is 0 Å². The van der Waals surface area contributed by atoms with E-state index < -0.39 is 22.1 Å². The fraction of sp³-hybridized carbons (Fsp3) is 0. The molecule has 0 rings (SSSR count). The van der Waals surface area contributed by atoms with Crippen molar-refractivity contribution in [3.05, 3.63) is 30.6 Å². The molecule has 12 nitrogen and oxygen atoms in total. The van der Waals surface area contributed by atoms with Gasteiger partial charge in [0.15, 0.2) is 0 Å². The van der Waals surface area contributed by atoms with Gasteiger partial charge in [-0.25, -0.2) is 0 Å². The summed E-state index contributed by atoms with van der Waals surface area (Å²) in [5.41, 5.74) is 0. The van der Waals surface area contributed by atoms with Gasteiger partial charge in [0.05, 0.1) is 22.1 Å². The molecule has 0 fully saturated rings. The molecule has 0 N–H and O–H groups in total. The van der Waals surface area contributed by atoms with Gasteiger partial charge < -0.3 is 50.4 Å². The summed E-state index contributed by atoms with van der Waals surface area (Å²) in [6.07, 6.45) is 0. The largest absolute Gasteiger partial charge is 3.00 e. The minimum atomic E-state index is -2.19. The summed E-state index contributed by atoms with van der Waals surface area (Å²) >= 11 is 0. The normalized spacial score (nSPS) is 5.75. The van der Waals surface area contributed by atoms with Gasteiger partial charge in [0.25, 0.3) is 0 Å². The maximum atomic E-state index is 8.93. The molecular weight excluding hydrogens is 452 g/mol. The number of rotatable bonds is 0. The average molecular weight is 452 g/mol. The number of aliphatic carboxylic acids is 2. The predicted octanol–water partition coefficient (Wildman–Crippen LogP) is -3.99. The van der Waals surface area contributed by atoms with Crippen LogP contribution in [0.5, 0.6) is 0 Å². The van der Waals surface area contributed by atoms with Crippen molar-refractivity contribution in [2.45, 2.75) is 0 Å². The van der Waals surface area contributed by atoms with Crippen LogP contribution in [0.3, 0.4) is 0 Å². The van der Waals surface area contributed by atoms with Gasteiger partial charge in [-0.2, -0.15) is 0 Å². The smallest absolute Gasteiger partial charge is 0.543 e. The van der Waals surface area contributed by atoms with Crippen molar-refractivity contribution < 1.29 is 85.1 Å². The molecule has 16 heavy (non-hydrogen) atoms. The molecule has 0 aromatic heterocycles. The molecular formula is C2LaN2O10Ru+2. The second-order valence-corrected chi connectivity index (χ2v) is 1.02. The zero-order valence-corrected chi connectivity index (χ0v) is 12.3. The van der Waals surface area contributed by atoms with E-state index in [1.807, 2.05) is 0 Å². The summed E-state index contributed by atoms with van der Waals surface area (Å²) in [7, 11) is 0. The fourth-order valence-corrected chi connectivity index (χ4v) is 0. The molecule has 0 saturated heterocycles. The molecule has 0 aromatic carbocycles. The summed E-state index contributed by atoms with van der Waals surface area (Å²) < 4.78 is 0. The molecule has 0 aromatic rings. The van der Waals surface area contributed by atoms with Gasteiger partial charge in [-0.3, -0.25) is 0 Å². The summed E-state index contributed by atoms with van der Waals surface area (Å²) in [5, 5.41) is 47.4. The number of carboxylic acid groups (broad SMARTS) is 2. The van der Waals surface area contributed by atoms with Crippen LogP contribution in [0.15, 0.2) is 0 Å². The standard InChI is InChI=1S/C2H2O4.La.2NO3.Ru/c3-1(4)2(5)6;;2*2-1(3)4;/h(H,3,4)(H,5,6);;;;/q;+3;2*-1;+3/p-2. The number of carboxylic acids is 2. The summed E-state index contributed by atoms with van der Waals surface area (Å²) in [6, 6.07) is 0. The van der Waals surface area contributed by atoms with E-state index in [1.54, 1.807) is 0 Å². The van der Waals surface area contributed by atoms with Crippen molar-refractivity contribution in [1.29, 1.82) is 0 Å². The maximum absolute atomic E-state index is 8.93. The third kappa shape index (κ3) is 195. The second-order valence-electron chi connectivity index (χ2n) is 1.02. The third-order valence-electron chi connectivity index (χ3n) is 0.167. The van der Waals surface area contributed by atoms with Gasteiger partial charge in [0, 0.05) is 0 Å². The van der Waals surface area contributed by atoms with E-state index in [0.717, 1.165) is 0 Å². The molecule has 14 heteroatoms. The topological polar surface area (TPSA) is 213 Å². The first-order chi connectivity index (χ1) is 6.11. The first-order valence-corrected chi connectivity index (χ1v) is 2.16. The molecule has 87 valence electrons. The van der Waals surface area contributed by atoms with Crippen LogP contribution in [0.4, 0.5) is 0 Å². The van der Waals surface area contributed by atoms with Crippen molar-refractivity contribution in [3.63, 3.8) is 0 Å². The van der Waals surface area contributed by atoms with Crippen molar-refractivity contribution in [2.75, 3.05) is 0 Å².